The zero-order valence-corrected chi connectivity index (χ0v) is 12.2. The summed E-state index contributed by atoms with van der Waals surface area (Å²) in [6, 6.07) is 0. The van der Waals surface area contributed by atoms with Gasteiger partial charge in [-0.1, -0.05) is 19.8 Å². The van der Waals surface area contributed by atoms with E-state index in [0.29, 0.717) is 17.7 Å². The number of likely N-dealkylation sites (tertiary alicyclic amines) is 1. The minimum Gasteiger partial charge on any atom is -0.349 e. The number of amides is 1. The summed E-state index contributed by atoms with van der Waals surface area (Å²) >= 11 is 0. The van der Waals surface area contributed by atoms with Crippen LogP contribution in [0.5, 0.6) is 0 Å². The molecule has 3 nitrogen and oxygen atoms in total. The molecule has 4 aliphatic rings. The Morgan fingerprint density at radius 2 is 1.95 bits per heavy atom. The Bertz CT molecular complexity index is 407. The summed E-state index contributed by atoms with van der Waals surface area (Å²) in [4.78, 5) is 15.2. The number of hydrogen-bond donors (Lipinski definition) is 1. The summed E-state index contributed by atoms with van der Waals surface area (Å²) in [5.41, 5.74) is 0.0650. The molecule has 1 saturated heterocycles. The number of hydrogen-bond acceptors (Lipinski definition) is 2. The van der Waals surface area contributed by atoms with Crippen LogP contribution in [0.1, 0.15) is 51.9 Å². The van der Waals surface area contributed by atoms with Gasteiger partial charge < -0.3 is 5.32 Å². The first kappa shape index (κ1) is 12.2. The molecular formula is C16H26N2O. The van der Waals surface area contributed by atoms with Gasteiger partial charge in [0.05, 0.1) is 0 Å². The predicted octanol–water partition coefficient (Wildman–Crippen LogP) is 2.17. The minimum atomic E-state index is -0.121. The second-order valence-corrected chi connectivity index (χ2v) is 7.68. The van der Waals surface area contributed by atoms with Crippen LogP contribution in [-0.4, -0.2) is 35.5 Å². The Kier molecular flexibility index (Phi) is 2.41. The van der Waals surface area contributed by atoms with Crippen LogP contribution in [-0.2, 0) is 4.79 Å². The number of carbonyl (C=O) groups excluding carboxylic acids is 1. The van der Waals surface area contributed by atoms with E-state index in [0.717, 1.165) is 18.9 Å². The van der Waals surface area contributed by atoms with E-state index in [-0.39, 0.29) is 11.1 Å². The SMILES string of the molecule is C[C@@H]1CN(C)C2(C(=O)NC34CCCC3CCC4)CC12. The molecule has 2 unspecified atom stereocenters. The molecule has 0 radical (unpaired) electrons. The number of fused-ring (bicyclic) bond motifs is 2. The Labute approximate surface area is 116 Å². The van der Waals surface area contributed by atoms with Gasteiger partial charge in [0.15, 0.2) is 0 Å². The molecule has 1 aliphatic heterocycles. The molecule has 3 aliphatic carbocycles. The van der Waals surface area contributed by atoms with Gasteiger partial charge in [-0.15, -0.1) is 0 Å². The Hall–Kier alpha value is -0.570. The lowest BCUT2D eigenvalue weighted by Gasteiger charge is -2.34. The summed E-state index contributed by atoms with van der Waals surface area (Å²) in [5, 5.41) is 3.55. The molecule has 4 fully saturated rings. The number of nitrogens with one attached hydrogen (secondary N) is 1. The van der Waals surface area contributed by atoms with Gasteiger partial charge in [0.25, 0.3) is 0 Å². The molecule has 1 amide bonds. The van der Waals surface area contributed by atoms with Crippen molar-refractivity contribution in [3.63, 3.8) is 0 Å². The maximum absolute atomic E-state index is 12.9. The Morgan fingerprint density at radius 1 is 1.26 bits per heavy atom. The van der Waals surface area contributed by atoms with E-state index in [1.807, 2.05) is 0 Å². The van der Waals surface area contributed by atoms with Crippen LogP contribution in [0.2, 0.25) is 0 Å². The van der Waals surface area contributed by atoms with Crippen molar-refractivity contribution in [1.29, 1.82) is 0 Å². The Morgan fingerprint density at radius 3 is 2.47 bits per heavy atom. The minimum absolute atomic E-state index is 0.121. The van der Waals surface area contributed by atoms with Gasteiger partial charge in [-0.2, -0.15) is 0 Å². The van der Waals surface area contributed by atoms with E-state index < -0.39 is 0 Å². The highest BCUT2D eigenvalue weighted by molar-refractivity contribution is 5.91. The first-order valence-corrected chi connectivity index (χ1v) is 8.12. The lowest BCUT2D eigenvalue weighted by Crippen LogP contribution is -2.55. The molecule has 0 aromatic rings. The highest BCUT2D eigenvalue weighted by atomic mass is 16.2. The fraction of sp³-hybridized carbons (Fsp3) is 0.938. The fourth-order valence-corrected chi connectivity index (χ4v) is 5.66. The molecule has 0 bridgehead atoms. The van der Waals surface area contributed by atoms with Gasteiger partial charge in [0, 0.05) is 12.1 Å². The number of piperidine rings is 1. The maximum Gasteiger partial charge on any atom is 0.241 e. The highest BCUT2D eigenvalue weighted by Gasteiger charge is 2.69. The molecular weight excluding hydrogens is 236 g/mol. The van der Waals surface area contributed by atoms with Gasteiger partial charge in [-0.05, 0) is 56.9 Å². The smallest absolute Gasteiger partial charge is 0.241 e. The summed E-state index contributed by atoms with van der Waals surface area (Å²) in [6.45, 7) is 3.39. The molecule has 1 heterocycles. The monoisotopic (exact) mass is 262 g/mol. The molecule has 106 valence electrons. The summed E-state index contributed by atoms with van der Waals surface area (Å²) in [6.07, 6.45) is 8.84. The molecule has 4 rings (SSSR count). The van der Waals surface area contributed by atoms with Crippen LogP contribution < -0.4 is 5.32 Å². The third kappa shape index (κ3) is 1.45. The standard InChI is InChI=1S/C16H26N2O/c1-11-10-18(2)16(9-13(11)16)14(19)17-15-7-3-5-12(15)6-4-8-15/h11-13H,3-10H2,1-2H3,(H,17,19)/t11-,12?,13?,15?,16?/m1/s1. The van der Waals surface area contributed by atoms with Crippen molar-refractivity contribution in [2.45, 2.75) is 62.9 Å². The zero-order chi connectivity index (χ0) is 13.3. The van der Waals surface area contributed by atoms with E-state index in [1.54, 1.807) is 0 Å². The molecule has 1 N–H and O–H groups in total. The Balaban J connectivity index is 1.54. The molecule has 3 atom stereocenters. The fourth-order valence-electron chi connectivity index (χ4n) is 5.66. The average molecular weight is 262 g/mol. The van der Waals surface area contributed by atoms with E-state index >= 15 is 0 Å². The third-order valence-electron chi connectivity index (χ3n) is 6.80. The van der Waals surface area contributed by atoms with Crippen molar-refractivity contribution in [3.8, 4) is 0 Å². The van der Waals surface area contributed by atoms with Crippen LogP contribution in [0.4, 0.5) is 0 Å². The van der Waals surface area contributed by atoms with E-state index in [4.69, 9.17) is 0 Å². The van der Waals surface area contributed by atoms with Gasteiger partial charge in [0.1, 0.15) is 5.54 Å². The molecule has 3 saturated carbocycles. The van der Waals surface area contributed by atoms with Crippen LogP contribution in [0, 0.1) is 17.8 Å². The van der Waals surface area contributed by atoms with Gasteiger partial charge in [0.2, 0.25) is 5.91 Å². The number of likely N-dealkylation sites (N-methyl/N-ethyl adjacent to an activating group) is 1. The normalized spacial score (nSPS) is 52.0. The van der Waals surface area contributed by atoms with Gasteiger partial charge in [-0.25, -0.2) is 0 Å². The summed E-state index contributed by atoms with van der Waals surface area (Å²) in [5.74, 6) is 2.44. The van der Waals surface area contributed by atoms with Crippen molar-refractivity contribution in [2.75, 3.05) is 13.6 Å². The van der Waals surface area contributed by atoms with Crippen molar-refractivity contribution >= 4 is 5.91 Å². The van der Waals surface area contributed by atoms with Crippen molar-refractivity contribution in [3.05, 3.63) is 0 Å². The maximum atomic E-state index is 12.9. The quantitative estimate of drug-likeness (QED) is 0.827. The first-order valence-electron chi connectivity index (χ1n) is 8.12. The molecule has 0 aromatic heterocycles. The second-order valence-electron chi connectivity index (χ2n) is 7.68. The second kappa shape index (κ2) is 3.75. The van der Waals surface area contributed by atoms with Crippen LogP contribution in [0.3, 0.4) is 0 Å². The molecule has 19 heavy (non-hydrogen) atoms. The number of carbonyl (C=O) groups is 1. The van der Waals surface area contributed by atoms with Gasteiger partial charge >= 0.3 is 0 Å². The lowest BCUT2D eigenvalue weighted by atomic mass is 9.89. The third-order valence-corrected chi connectivity index (χ3v) is 6.80. The summed E-state index contributed by atoms with van der Waals surface area (Å²) < 4.78 is 0. The first-order chi connectivity index (χ1) is 9.08. The molecule has 0 aromatic carbocycles. The van der Waals surface area contributed by atoms with Crippen molar-refractivity contribution in [1.82, 2.24) is 10.2 Å². The lowest BCUT2D eigenvalue weighted by molar-refractivity contribution is -0.129. The van der Waals surface area contributed by atoms with Crippen molar-refractivity contribution < 1.29 is 4.79 Å². The number of rotatable bonds is 2. The van der Waals surface area contributed by atoms with E-state index in [1.165, 1.54) is 38.5 Å². The van der Waals surface area contributed by atoms with Crippen molar-refractivity contribution in [2.24, 2.45) is 17.8 Å². The molecule has 3 heteroatoms. The van der Waals surface area contributed by atoms with E-state index in [9.17, 15) is 4.79 Å². The summed E-state index contributed by atoms with van der Waals surface area (Å²) in [7, 11) is 2.14. The van der Waals surface area contributed by atoms with Crippen LogP contribution in [0.25, 0.3) is 0 Å². The van der Waals surface area contributed by atoms with Crippen LogP contribution in [0.15, 0.2) is 0 Å². The predicted molar refractivity (Wildman–Crippen MR) is 74.7 cm³/mol. The van der Waals surface area contributed by atoms with Crippen LogP contribution >= 0.6 is 0 Å². The average Bonchev–Trinajstić information content (AvgIpc) is 2.73. The zero-order valence-electron chi connectivity index (χ0n) is 12.2. The number of nitrogens with zero attached hydrogens (tertiary/aromatic N) is 1. The highest BCUT2D eigenvalue weighted by Crippen LogP contribution is 2.58. The van der Waals surface area contributed by atoms with Gasteiger partial charge in [-0.3, -0.25) is 9.69 Å². The topological polar surface area (TPSA) is 32.3 Å². The van der Waals surface area contributed by atoms with E-state index in [2.05, 4.69) is 24.2 Å². The molecule has 0 spiro atoms. The largest absolute Gasteiger partial charge is 0.349 e.